The Morgan fingerprint density at radius 2 is 1.90 bits per heavy atom. The van der Waals surface area contributed by atoms with E-state index in [9.17, 15) is 9.18 Å². The molecule has 0 aliphatic rings. The molecule has 0 heterocycles. The number of nitrogens with two attached hydrogens (primary N) is 1. The van der Waals surface area contributed by atoms with Gasteiger partial charge in [0.2, 0.25) is 0 Å². The molecule has 1 amide bonds. The standard InChI is InChI=1S/C14H13BrFN3O/c1-8-6-9(2-4-12(8)19-17)14(20)18-13-5-3-10(16)7-11(13)15/h2-7,19H,17H2,1H3,(H,18,20). The quantitative estimate of drug-likeness (QED) is 0.593. The molecule has 4 nitrogen and oxygen atoms in total. The fourth-order valence-corrected chi connectivity index (χ4v) is 2.20. The number of hydrogen-bond donors (Lipinski definition) is 3. The van der Waals surface area contributed by atoms with E-state index in [1.807, 2.05) is 6.92 Å². The Kier molecular flexibility index (Phi) is 4.36. The predicted molar refractivity (Wildman–Crippen MR) is 81.0 cm³/mol. The van der Waals surface area contributed by atoms with Crippen LogP contribution in [0.15, 0.2) is 40.9 Å². The van der Waals surface area contributed by atoms with Gasteiger partial charge in [-0.2, -0.15) is 0 Å². The van der Waals surface area contributed by atoms with Gasteiger partial charge in [-0.05, 0) is 64.8 Å². The molecule has 0 atom stereocenters. The van der Waals surface area contributed by atoms with Crippen LogP contribution in [0, 0.1) is 12.7 Å². The minimum atomic E-state index is -0.371. The summed E-state index contributed by atoms with van der Waals surface area (Å²) in [5.41, 5.74) is 5.17. The lowest BCUT2D eigenvalue weighted by Gasteiger charge is -2.10. The Balaban J connectivity index is 2.21. The number of hydrazine groups is 1. The maximum absolute atomic E-state index is 13.0. The molecule has 0 radical (unpaired) electrons. The summed E-state index contributed by atoms with van der Waals surface area (Å²) in [7, 11) is 0. The average Bonchev–Trinajstić information content (AvgIpc) is 2.41. The molecule has 6 heteroatoms. The van der Waals surface area contributed by atoms with Crippen LogP contribution in [-0.2, 0) is 0 Å². The third-order valence-corrected chi connectivity index (χ3v) is 3.48. The number of nitrogen functional groups attached to an aromatic ring is 1. The molecule has 0 unspecified atom stereocenters. The lowest BCUT2D eigenvalue weighted by Crippen LogP contribution is -2.14. The van der Waals surface area contributed by atoms with Crippen LogP contribution >= 0.6 is 15.9 Å². The molecule has 2 rings (SSSR count). The molecule has 0 fully saturated rings. The number of halogens is 2. The molecule has 0 spiro atoms. The lowest BCUT2D eigenvalue weighted by molar-refractivity contribution is 0.102. The van der Waals surface area contributed by atoms with Crippen molar-refractivity contribution >= 4 is 33.2 Å². The van der Waals surface area contributed by atoms with E-state index in [4.69, 9.17) is 5.84 Å². The van der Waals surface area contributed by atoms with Gasteiger partial charge in [0.05, 0.1) is 11.4 Å². The van der Waals surface area contributed by atoms with Crippen molar-refractivity contribution in [3.05, 3.63) is 57.8 Å². The number of rotatable bonds is 3. The molecule has 0 saturated carbocycles. The minimum Gasteiger partial charge on any atom is -0.324 e. The molecule has 2 aromatic rings. The molecule has 0 aliphatic heterocycles. The Bertz CT molecular complexity index is 661. The van der Waals surface area contributed by atoms with Crippen molar-refractivity contribution in [1.29, 1.82) is 0 Å². The highest BCUT2D eigenvalue weighted by Crippen LogP contribution is 2.24. The predicted octanol–water partition coefficient (Wildman–Crippen LogP) is 3.43. The number of hydrogen-bond acceptors (Lipinski definition) is 3. The van der Waals surface area contributed by atoms with Crippen LogP contribution in [0.3, 0.4) is 0 Å². The average molecular weight is 338 g/mol. The largest absolute Gasteiger partial charge is 0.324 e. The van der Waals surface area contributed by atoms with E-state index < -0.39 is 0 Å². The van der Waals surface area contributed by atoms with Gasteiger partial charge >= 0.3 is 0 Å². The Morgan fingerprint density at radius 1 is 1.20 bits per heavy atom. The summed E-state index contributed by atoms with van der Waals surface area (Å²) < 4.78 is 13.5. The van der Waals surface area contributed by atoms with Gasteiger partial charge in [0, 0.05) is 10.0 Å². The zero-order chi connectivity index (χ0) is 14.7. The zero-order valence-electron chi connectivity index (χ0n) is 10.7. The van der Waals surface area contributed by atoms with E-state index in [2.05, 4.69) is 26.7 Å². The van der Waals surface area contributed by atoms with E-state index in [0.717, 1.165) is 11.3 Å². The van der Waals surface area contributed by atoms with Gasteiger partial charge in [0.1, 0.15) is 5.82 Å². The first-order valence-electron chi connectivity index (χ1n) is 5.85. The first-order chi connectivity index (χ1) is 9.51. The van der Waals surface area contributed by atoms with Crippen molar-refractivity contribution in [1.82, 2.24) is 0 Å². The molecule has 0 bridgehead atoms. The van der Waals surface area contributed by atoms with E-state index in [-0.39, 0.29) is 11.7 Å². The molecule has 104 valence electrons. The molecule has 20 heavy (non-hydrogen) atoms. The van der Waals surface area contributed by atoms with Crippen molar-refractivity contribution in [2.45, 2.75) is 6.92 Å². The zero-order valence-corrected chi connectivity index (χ0v) is 12.3. The summed E-state index contributed by atoms with van der Waals surface area (Å²) in [6.45, 7) is 1.85. The molecule has 0 aromatic heterocycles. The van der Waals surface area contributed by atoms with Crippen molar-refractivity contribution in [2.75, 3.05) is 10.7 Å². The van der Waals surface area contributed by atoms with Gasteiger partial charge in [0.15, 0.2) is 0 Å². The smallest absolute Gasteiger partial charge is 0.255 e. The van der Waals surface area contributed by atoms with Crippen molar-refractivity contribution < 1.29 is 9.18 Å². The van der Waals surface area contributed by atoms with Gasteiger partial charge in [-0.25, -0.2) is 4.39 Å². The molecular formula is C14H13BrFN3O. The second kappa shape index (κ2) is 6.02. The van der Waals surface area contributed by atoms with E-state index >= 15 is 0 Å². The molecule has 0 aliphatic carbocycles. The van der Waals surface area contributed by atoms with Crippen molar-refractivity contribution in [3.63, 3.8) is 0 Å². The second-order valence-electron chi connectivity index (χ2n) is 4.25. The van der Waals surface area contributed by atoms with E-state index in [0.29, 0.717) is 15.7 Å². The summed E-state index contributed by atoms with van der Waals surface area (Å²) in [4.78, 5) is 12.1. The number of aryl methyl sites for hydroxylation is 1. The molecule has 0 saturated heterocycles. The van der Waals surface area contributed by atoms with Crippen LogP contribution < -0.4 is 16.6 Å². The minimum absolute atomic E-state index is 0.274. The normalized spacial score (nSPS) is 10.2. The molecular weight excluding hydrogens is 325 g/mol. The van der Waals surface area contributed by atoms with Gasteiger partial charge in [-0.3, -0.25) is 10.6 Å². The SMILES string of the molecule is Cc1cc(C(=O)Nc2ccc(F)cc2Br)ccc1NN. The Morgan fingerprint density at radius 3 is 2.50 bits per heavy atom. The Hall–Kier alpha value is -1.92. The van der Waals surface area contributed by atoms with Crippen LogP contribution in [0.4, 0.5) is 15.8 Å². The lowest BCUT2D eigenvalue weighted by atomic mass is 10.1. The van der Waals surface area contributed by atoms with E-state index in [1.165, 1.54) is 18.2 Å². The van der Waals surface area contributed by atoms with Crippen LogP contribution in [0.5, 0.6) is 0 Å². The molecule has 4 N–H and O–H groups in total. The summed E-state index contributed by atoms with van der Waals surface area (Å²) in [6, 6.07) is 9.19. The molecule has 2 aromatic carbocycles. The highest BCUT2D eigenvalue weighted by Gasteiger charge is 2.10. The number of carbonyl (C=O) groups excluding carboxylic acids is 1. The highest BCUT2D eigenvalue weighted by molar-refractivity contribution is 9.10. The number of amides is 1. The van der Waals surface area contributed by atoms with Gasteiger partial charge in [0.25, 0.3) is 5.91 Å². The summed E-state index contributed by atoms with van der Waals surface area (Å²) in [6.07, 6.45) is 0. The van der Waals surface area contributed by atoms with Gasteiger partial charge in [-0.1, -0.05) is 0 Å². The third-order valence-electron chi connectivity index (χ3n) is 2.82. The number of benzene rings is 2. The van der Waals surface area contributed by atoms with Gasteiger partial charge in [-0.15, -0.1) is 0 Å². The summed E-state index contributed by atoms with van der Waals surface area (Å²) in [5, 5.41) is 2.71. The Labute approximate surface area is 124 Å². The number of anilines is 2. The van der Waals surface area contributed by atoms with Crippen molar-refractivity contribution in [2.24, 2.45) is 5.84 Å². The highest BCUT2D eigenvalue weighted by atomic mass is 79.9. The van der Waals surface area contributed by atoms with Crippen LogP contribution in [0.1, 0.15) is 15.9 Å². The number of carbonyl (C=O) groups is 1. The number of nitrogens with one attached hydrogen (secondary N) is 2. The van der Waals surface area contributed by atoms with Crippen molar-refractivity contribution in [3.8, 4) is 0 Å². The maximum atomic E-state index is 13.0. The van der Waals surface area contributed by atoms with Crippen LogP contribution in [0.25, 0.3) is 0 Å². The topological polar surface area (TPSA) is 67.2 Å². The first kappa shape index (κ1) is 14.5. The van der Waals surface area contributed by atoms with Crippen LogP contribution in [-0.4, -0.2) is 5.91 Å². The fourth-order valence-electron chi connectivity index (χ4n) is 1.75. The summed E-state index contributed by atoms with van der Waals surface area (Å²) >= 11 is 3.20. The first-order valence-corrected chi connectivity index (χ1v) is 6.64. The monoisotopic (exact) mass is 337 g/mol. The third kappa shape index (κ3) is 3.15. The van der Waals surface area contributed by atoms with E-state index in [1.54, 1.807) is 18.2 Å². The van der Waals surface area contributed by atoms with Crippen LogP contribution in [0.2, 0.25) is 0 Å². The second-order valence-corrected chi connectivity index (χ2v) is 5.11. The fraction of sp³-hybridized carbons (Fsp3) is 0.0714. The maximum Gasteiger partial charge on any atom is 0.255 e. The summed E-state index contributed by atoms with van der Waals surface area (Å²) in [5.74, 6) is 4.70. The van der Waals surface area contributed by atoms with Gasteiger partial charge < -0.3 is 10.7 Å².